The molecule has 23 heavy (non-hydrogen) atoms. The van der Waals surface area contributed by atoms with Crippen molar-refractivity contribution in [1.29, 1.82) is 0 Å². The van der Waals surface area contributed by atoms with E-state index in [4.69, 9.17) is 0 Å². The molecule has 7 heteroatoms. The average Bonchev–Trinajstić information content (AvgIpc) is 2.80. The lowest BCUT2D eigenvalue weighted by Gasteiger charge is -2.16. The molecule has 0 unspecified atom stereocenters. The van der Waals surface area contributed by atoms with E-state index in [9.17, 15) is 14.9 Å². The van der Waals surface area contributed by atoms with Crippen LogP contribution in [0.4, 0.5) is 11.4 Å². The van der Waals surface area contributed by atoms with Crippen LogP contribution in [0.1, 0.15) is 25.7 Å². The SMILES string of the molecule is O=C(C[NH+]1CCCCCC1)NCCNc1ccc([N+](=O)[O-])cc1. The molecular formula is C16H25N4O3+. The number of rotatable bonds is 7. The fourth-order valence-electron chi connectivity index (χ4n) is 2.80. The molecule has 0 bridgehead atoms. The van der Waals surface area contributed by atoms with Crippen molar-refractivity contribution in [2.24, 2.45) is 0 Å². The van der Waals surface area contributed by atoms with Crippen LogP contribution in [0.15, 0.2) is 24.3 Å². The molecule has 0 aliphatic carbocycles. The minimum absolute atomic E-state index is 0.0734. The Morgan fingerprint density at radius 1 is 1.09 bits per heavy atom. The summed E-state index contributed by atoms with van der Waals surface area (Å²) in [5, 5.41) is 16.6. The Morgan fingerprint density at radius 3 is 2.35 bits per heavy atom. The number of carbonyl (C=O) groups is 1. The molecule has 0 saturated carbocycles. The number of hydrogen-bond acceptors (Lipinski definition) is 4. The topological polar surface area (TPSA) is 88.7 Å². The van der Waals surface area contributed by atoms with E-state index in [0.717, 1.165) is 18.8 Å². The van der Waals surface area contributed by atoms with Crippen LogP contribution >= 0.6 is 0 Å². The van der Waals surface area contributed by atoms with Gasteiger partial charge in [-0.2, -0.15) is 0 Å². The molecule has 3 N–H and O–H groups in total. The van der Waals surface area contributed by atoms with Crippen LogP contribution in [0.2, 0.25) is 0 Å². The zero-order chi connectivity index (χ0) is 16.5. The summed E-state index contributed by atoms with van der Waals surface area (Å²) >= 11 is 0. The van der Waals surface area contributed by atoms with Crippen LogP contribution in [0.25, 0.3) is 0 Å². The van der Waals surface area contributed by atoms with E-state index >= 15 is 0 Å². The molecule has 1 fully saturated rings. The normalized spacial score (nSPS) is 15.7. The number of nitrogens with one attached hydrogen (secondary N) is 3. The van der Waals surface area contributed by atoms with Crippen molar-refractivity contribution in [1.82, 2.24) is 5.32 Å². The number of nitro benzene ring substituents is 1. The Morgan fingerprint density at radius 2 is 1.74 bits per heavy atom. The number of carbonyl (C=O) groups excluding carboxylic acids is 1. The van der Waals surface area contributed by atoms with Gasteiger partial charge in [0.1, 0.15) is 0 Å². The standard InChI is InChI=1S/C16H24N4O3/c21-16(13-19-11-3-1-2-4-12-19)18-10-9-17-14-5-7-15(8-6-14)20(22)23/h5-8,17H,1-4,9-13H2,(H,18,21)/p+1. The molecule has 7 nitrogen and oxygen atoms in total. The van der Waals surface area contributed by atoms with Gasteiger partial charge in [0.25, 0.3) is 11.6 Å². The summed E-state index contributed by atoms with van der Waals surface area (Å²) in [5.41, 5.74) is 0.882. The zero-order valence-electron chi connectivity index (χ0n) is 13.3. The molecule has 2 rings (SSSR count). The molecular weight excluding hydrogens is 296 g/mol. The second-order valence-electron chi connectivity index (χ2n) is 5.92. The Bertz CT molecular complexity index is 511. The number of amides is 1. The second kappa shape index (κ2) is 9.09. The second-order valence-corrected chi connectivity index (χ2v) is 5.92. The van der Waals surface area contributed by atoms with Gasteiger partial charge in [0.05, 0.1) is 18.0 Å². The lowest BCUT2D eigenvalue weighted by Crippen LogP contribution is -3.13. The lowest BCUT2D eigenvalue weighted by molar-refractivity contribution is -0.891. The number of quaternary nitrogens is 1. The van der Waals surface area contributed by atoms with E-state index in [1.165, 1.54) is 42.7 Å². The number of likely N-dealkylation sites (tertiary alicyclic amines) is 1. The third-order valence-electron chi connectivity index (χ3n) is 4.08. The maximum atomic E-state index is 11.9. The Labute approximate surface area is 136 Å². The molecule has 0 atom stereocenters. The Kier molecular flexibility index (Phi) is 6.80. The van der Waals surface area contributed by atoms with Gasteiger partial charge in [-0.15, -0.1) is 0 Å². The number of nitro groups is 1. The van der Waals surface area contributed by atoms with Gasteiger partial charge in [-0.25, -0.2) is 0 Å². The molecule has 126 valence electrons. The molecule has 1 aliphatic heterocycles. The van der Waals surface area contributed by atoms with Crippen LogP contribution in [0, 0.1) is 10.1 Å². The number of non-ortho nitro benzene ring substituents is 1. The summed E-state index contributed by atoms with van der Waals surface area (Å²) in [4.78, 5) is 23.4. The summed E-state index contributed by atoms with van der Waals surface area (Å²) in [6.07, 6.45) is 4.99. The largest absolute Gasteiger partial charge is 0.383 e. The highest BCUT2D eigenvalue weighted by Gasteiger charge is 2.15. The van der Waals surface area contributed by atoms with Crippen LogP contribution in [-0.4, -0.2) is 43.6 Å². The van der Waals surface area contributed by atoms with Gasteiger partial charge in [-0.1, -0.05) is 0 Å². The van der Waals surface area contributed by atoms with E-state index in [1.807, 2.05) is 0 Å². The Hall–Kier alpha value is -2.15. The van der Waals surface area contributed by atoms with Crippen LogP contribution < -0.4 is 15.5 Å². The van der Waals surface area contributed by atoms with Gasteiger partial charge < -0.3 is 15.5 Å². The minimum Gasteiger partial charge on any atom is -0.383 e. The number of benzene rings is 1. The van der Waals surface area contributed by atoms with E-state index in [0.29, 0.717) is 19.6 Å². The van der Waals surface area contributed by atoms with Crippen molar-refractivity contribution in [2.75, 3.05) is 38.0 Å². The van der Waals surface area contributed by atoms with Crippen molar-refractivity contribution in [3.8, 4) is 0 Å². The predicted octanol–water partition coefficient (Wildman–Crippen LogP) is 0.582. The molecule has 1 aromatic rings. The Balaban J connectivity index is 1.62. The van der Waals surface area contributed by atoms with Gasteiger partial charge >= 0.3 is 0 Å². The van der Waals surface area contributed by atoms with Crippen LogP contribution in [0.5, 0.6) is 0 Å². The quantitative estimate of drug-likeness (QED) is 0.389. The molecule has 1 aliphatic rings. The highest BCUT2D eigenvalue weighted by atomic mass is 16.6. The van der Waals surface area contributed by atoms with Gasteiger partial charge in [0, 0.05) is 30.9 Å². The monoisotopic (exact) mass is 321 g/mol. The van der Waals surface area contributed by atoms with Crippen molar-refractivity contribution in [3.63, 3.8) is 0 Å². The van der Waals surface area contributed by atoms with Crippen molar-refractivity contribution < 1.29 is 14.6 Å². The fourth-order valence-corrected chi connectivity index (χ4v) is 2.80. The molecule has 0 radical (unpaired) electrons. The first kappa shape index (κ1) is 17.2. The summed E-state index contributed by atoms with van der Waals surface area (Å²) < 4.78 is 0. The molecule has 1 amide bonds. The first-order chi connectivity index (χ1) is 11.1. The molecule has 0 aromatic heterocycles. The molecule has 1 heterocycles. The number of nitrogens with zero attached hydrogens (tertiary/aromatic N) is 1. The highest BCUT2D eigenvalue weighted by molar-refractivity contribution is 5.76. The van der Waals surface area contributed by atoms with Crippen molar-refractivity contribution in [3.05, 3.63) is 34.4 Å². The first-order valence-corrected chi connectivity index (χ1v) is 8.24. The van der Waals surface area contributed by atoms with Gasteiger partial charge in [-0.05, 0) is 37.8 Å². The summed E-state index contributed by atoms with van der Waals surface area (Å²) in [5.74, 6) is 0.0902. The number of hydrogen-bond donors (Lipinski definition) is 3. The zero-order valence-corrected chi connectivity index (χ0v) is 13.3. The van der Waals surface area contributed by atoms with E-state index in [2.05, 4.69) is 10.6 Å². The summed E-state index contributed by atoms with van der Waals surface area (Å²) in [6.45, 7) is 3.88. The van der Waals surface area contributed by atoms with Crippen molar-refractivity contribution in [2.45, 2.75) is 25.7 Å². The predicted molar refractivity (Wildman–Crippen MR) is 88.6 cm³/mol. The number of anilines is 1. The molecule has 1 aromatic carbocycles. The van der Waals surface area contributed by atoms with Crippen LogP contribution in [0.3, 0.4) is 0 Å². The smallest absolute Gasteiger partial charge is 0.275 e. The van der Waals surface area contributed by atoms with Crippen LogP contribution in [-0.2, 0) is 4.79 Å². The lowest BCUT2D eigenvalue weighted by atomic mass is 10.2. The van der Waals surface area contributed by atoms with Gasteiger partial charge in [0.15, 0.2) is 6.54 Å². The minimum atomic E-state index is -0.421. The maximum Gasteiger partial charge on any atom is 0.275 e. The summed E-state index contributed by atoms with van der Waals surface area (Å²) in [7, 11) is 0. The third-order valence-corrected chi connectivity index (χ3v) is 4.08. The first-order valence-electron chi connectivity index (χ1n) is 8.24. The molecule has 0 spiro atoms. The van der Waals surface area contributed by atoms with E-state index in [1.54, 1.807) is 12.1 Å². The summed E-state index contributed by atoms with van der Waals surface area (Å²) in [6, 6.07) is 6.26. The third kappa shape index (κ3) is 6.23. The van der Waals surface area contributed by atoms with Gasteiger partial charge in [0.2, 0.25) is 0 Å². The van der Waals surface area contributed by atoms with Crippen molar-refractivity contribution >= 4 is 17.3 Å². The highest BCUT2D eigenvalue weighted by Crippen LogP contribution is 2.14. The van der Waals surface area contributed by atoms with E-state index < -0.39 is 4.92 Å². The van der Waals surface area contributed by atoms with Gasteiger partial charge in [-0.3, -0.25) is 14.9 Å². The maximum absolute atomic E-state index is 11.9. The van der Waals surface area contributed by atoms with E-state index in [-0.39, 0.29) is 11.6 Å². The molecule has 1 saturated heterocycles. The average molecular weight is 321 g/mol. The fraction of sp³-hybridized carbons (Fsp3) is 0.562.